The number of urea groups is 1. The van der Waals surface area contributed by atoms with Gasteiger partial charge >= 0.3 is 6.03 Å². The van der Waals surface area contributed by atoms with E-state index in [4.69, 9.17) is 0 Å². The zero-order valence-corrected chi connectivity index (χ0v) is 16.2. The first-order valence-corrected chi connectivity index (χ1v) is 9.60. The summed E-state index contributed by atoms with van der Waals surface area (Å²) in [7, 11) is 1.75. The van der Waals surface area contributed by atoms with Gasteiger partial charge in [-0.05, 0) is 22.8 Å². The fourth-order valence-electron chi connectivity index (χ4n) is 3.84. The van der Waals surface area contributed by atoms with Crippen molar-refractivity contribution >= 4 is 18.0 Å². The normalized spacial score (nSPS) is 19.1. The molecule has 3 aromatic carbocycles. The van der Waals surface area contributed by atoms with Gasteiger partial charge in [0, 0.05) is 13.1 Å². The molecule has 0 aliphatic carbocycles. The molecule has 0 bridgehead atoms. The van der Waals surface area contributed by atoms with E-state index in [2.05, 4.69) is 0 Å². The van der Waals surface area contributed by atoms with Gasteiger partial charge in [0.1, 0.15) is 0 Å². The molecular weight excluding hydrogens is 360 g/mol. The van der Waals surface area contributed by atoms with Crippen LogP contribution >= 0.6 is 0 Å². The van der Waals surface area contributed by atoms with Gasteiger partial charge in [0.05, 0.1) is 12.1 Å². The molecule has 144 valence electrons. The largest absolute Gasteiger partial charge is 0.327 e. The Balaban J connectivity index is 1.74. The van der Waals surface area contributed by atoms with E-state index in [0.29, 0.717) is 0 Å². The third kappa shape index (κ3) is 3.69. The predicted octanol–water partition coefficient (Wildman–Crippen LogP) is 5.08. The number of likely N-dealkylation sites (N-methyl/N-ethyl adjacent to an activating group) is 1. The fourth-order valence-corrected chi connectivity index (χ4v) is 3.84. The Morgan fingerprint density at radius 2 is 1.24 bits per heavy atom. The van der Waals surface area contributed by atoms with Crippen molar-refractivity contribution in [3.8, 4) is 0 Å². The maximum atomic E-state index is 13.1. The van der Waals surface area contributed by atoms with Crippen LogP contribution < -0.4 is 0 Å². The summed E-state index contributed by atoms with van der Waals surface area (Å²) < 4.78 is 0. The Morgan fingerprint density at radius 1 is 0.759 bits per heavy atom. The maximum Gasteiger partial charge on any atom is 0.327 e. The Bertz CT molecular complexity index is 1020. The van der Waals surface area contributed by atoms with Crippen LogP contribution in [0.4, 0.5) is 4.79 Å². The number of rotatable bonds is 4. The van der Waals surface area contributed by atoms with Crippen LogP contribution in [-0.4, -0.2) is 28.8 Å². The third-order valence-corrected chi connectivity index (χ3v) is 5.24. The van der Waals surface area contributed by atoms with Gasteiger partial charge in [-0.15, -0.1) is 0 Å². The molecule has 0 aromatic heterocycles. The number of nitrogens with zero attached hydrogens (tertiary/aromatic N) is 2. The van der Waals surface area contributed by atoms with Gasteiger partial charge in [0.25, 0.3) is 5.91 Å². The van der Waals surface area contributed by atoms with Gasteiger partial charge in [0.2, 0.25) is 0 Å². The summed E-state index contributed by atoms with van der Waals surface area (Å²) >= 11 is 0. The number of imide groups is 1. The second kappa shape index (κ2) is 8.15. The van der Waals surface area contributed by atoms with Gasteiger partial charge < -0.3 is 4.90 Å². The van der Waals surface area contributed by atoms with Crippen molar-refractivity contribution in [1.29, 1.82) is 0 Å². The molecule has 1 fully saturated rings. The Labute approximate surface area is 170 Å². The van der Waals surface area contributed by atoms with Crippen LogP contribution in [-0.2, 0) is 4.79 Å². The van der Waals surface area contributed by atoms with Crippen molar-refractivity contribution in [1.82, 2.24) is 9.80 Å². The van der Waals surface area contributed by atoms with Crippen LogP contribution in [0.2, 0.25) is 0 Å². The number of carbonyl (C=O) groups excluding carboxylic acids is 2. The molecular formula is C25H22N2O2. The van der Waals surface area contributed by atoms with Crippen LogP contribution in [0.25, 0.3) is 6.08 Å². The molecule has 0 radical (unpaired) electrons. The molecule has 4 nitrogen and oxygen atoms in total. The first kappa shape index (κ1) is 18.7. The highest BCUT2D eigenvalue weighted by atomic mass is 16.2. The van der Waals surface area contributed by atoms with Crippen LogP contribution in [0.5, 0.6) is 0 Å². The topological polar surface area (TPSA) is 40.6 Å². The summed E-state index contributed by atoms with van der Waals surface area (Å²) in [6.07, 6.45) is 3.22. The molecule has 4 heteroatoms. The Morgan fingerprint density at radius 3 is 1.79 bits per heavy atom. The molecule has 1 heterocycles. The average Bonchev–Trinajstić information content (AvgIpc) is 3.05. The lowest BCUT2D eigenvalue weighted by Crippen LogP contribution is -2.35. The molecule has 1 aliphatic rings. The van der Waals surface area contributed by atoms with Gasteiger partial charge in [0.15, 0.2) is 0 Å². The molecule has 0 N–H and O–H groups in total. The highest BCUT2D eigenvalue weighted by molar-refractivity contribution is 6.04. The zero-order valence-electron chi connectivity index (χ0n) is 16.2. The summed E-state index contributed by atoms with van der Waals surface area (Å²) in [5, 5.41) is 0. The Hall–Kier alpha value is -3.66. The predicted molar refractivity (Wildman–Crippen MR) is 114 cm³/mol. The number of hydrogen-bond acceptors (Lipinski definition) is 2. The zero-order chi connectivity index (χ0) is 20.2. The van der Waals surface area contributed by atoms with E-state index in [1.165, 1.54) is 11.0 Å². The molecule has 2 atom stereocenters. The van der Waals surface area contributed by atoms with Crippen LogP contribution in [0, 0.1) is 0 Å². The second-order valence-electron chi connectivity index (χ2n) is 7.06. The van der Waals surface area contributed by atoms with E-state index in [-0.39, 0.29) is 18.0 Å². The van der Waals surface area contributed by atoms with Crippen molar-refractivity contribution in [2.45, 2.75) is 12.1 Å². The van der Waals surface area contributed by atoms with Crippen LogP contribution in [0.1, 0.15) is 28.8 Å². The van der Waals surface area contributed by atoms with E-state index in [0.717, 1.165) is 16.7 Å². The lowest BCUT2D eigenvalue weighted by Gasteiger charge is -2.26. The van der Waals surface area contributed by atoms with Crippen molar-refractivity contribution in [2.24, 2.45) is 0 Å². The number of amides is 3. The quantitative estimate of drug-likeness (QED) is 0.591. The fraction of sp³-hybridized carbons (Fsp3) is 0.120. The minimum atomic E-state index is -0.399. The first-order chi connectivity index (χ1) is 14.2. The maximum absolute atomic E-state index is 13.1. The molecule has 0 spiro atoms. The number of carbonyl (C=O) groups is 2. The lowest BCUT2D eigenvalue weighted by atomic mass is 9.93. The van der Waals surface area contributed by atoms with Crippen LogP contribution in [0.3, 0.4) is 0 Å². The smallest absolute Gasteiger partial charge is 0.318 e. The molecule has 29 heavy (non-hydrogen) atoms. The SMILES string of the molecule is CN1C(=O)N(C(=O)/C=C/c2ccccc2)[C@@H](c2ccccc2)[C@@H]1c1ccccc1. The summed E-state index contributed by atoms with van der Waals surface area (Å²) in [5.74, 6) is -0.321. The lowest BCUT2D eigenvalue weighted by molar-refractivity contribution is -0.124. The molecule has 1 aliphatic heterocycles. The highest BCUT2D eigenvalue weighted by Crippen LogP contribution is 2.44. The molecule has 4 rings (SSSR count). The second-order valence-corrected chi connectivity index (χ2v) is 7.06. The minimum absolute atomic E-state index is 0.250. The summed E-state index contributed by atoms with van der Waals surface area (Å²) in [6.45, 7) is 0. The Kier molecular flexibility index (Phi) is 5.25. The van der Waals surface area contributed by atoms with E-state index in [1.54, 1.807) is 18.0 Å². The van der Waals surface area contributed by atoms with Crippen LogP contribution in [0.15, 0.2) is 97.1 Å². The van der Waals surface area contributed by atoms with Crippen molar-refractivity contribution in [3.63, 3.8) is 0 Å². The molecule has 1 saturated heterocycles. The monoisotopic (exact) mass is 382 g/mol. The van der Waals surface area contributed by atoms with Crippen molar-refractivity contribution in [2.75, 3.05) is 7.05 Å². The van der Waals surface area contributed by atoms with Gasteiger partial charge in [-0.25, -0.2) is 4.79 Å². The van der Waals surface area contributed by atoms with Crippen molar-refractivity contribution in [3.05, 3.63) is 114 Å². The molecule has 0 unspecified atom stereocenters. The minimum Gasteiger partial charge on any atom is -0.318 e. The number of hydrogen-bond donors (Lipinski definition) is 0. The molecule has 0 saturated carbocycles. The van der Waals surface area contributed by atoms with E-state index < -0.39 is 6.04 Å². The summed E-state index contributed by atoms with van der Waals surface area (Å²) in [5.41, 5.74) is 2.84. The van der Waals surface area contributed by atoms with Crippen molar-refractivity contribution < 1.29 is 9.59 Å². The van der Waals surface area contributed by atoms with E-state index in [1.807, 2.05) is 91.0 Å². The molecule has 3 amide bonds. The summed E-state index contributed by atoms with van der Waals surface area (Å²) in [4.78, 5) is 29.3. The third-order valence-electron chi connectivity index (χ3n) is 5.24. The van der Waals surface area contributed by atoms with E-state index >= 15 is 0 Å². The summed E-state index contributed by atoms with van der Waals surface area (Å²) in [6, 6.07) is 28.2. The highest BCUT2D eigenvalue weighted by Gasteiger charge is 2.47. The van der Waals surface area contributed by atoms with E-state index in [9.17, 15) is 9.59 Å². The first-order valence-electron chi connectivity index (χ1n) is 9.60. The standard InChI is InChI=1S/C25H22N2O2/c1-26-23(20-13-7-3-8-14-20)24(21-15-9-4-10-16-21)27(25(26)29)22(28)18-17-19-11-5-2-6-12-19/h2-18,23-24H,1H3/b18-17+/t23-,24-/m0/s1. The van der Waals surface area contributed by atoms with Gasteiger partial charge in [-0.3, -0.25) is 9.69 Å². The number of benzene rings is 3. The van der Waals surface area contributed by atoms with Gasteiger partial charge in [-0.1, -0.05) is 91.0 Å². The average molecular weight is 382 g/mol. The molecule has 3 aromatic rings. The van der Waals surface area contributed by atoms with Gasteiger partial charge in [-0.2, -0.15) is 0 Å².